The summed E-state index contributed by atoms with van der Waals surface area (Å²) < 4.78 is 37.3. The topological polar surface area (TPSA) is 40.9 Å². The van der Waals surface area contributed by atoms with Crippen LogP contribution < -0.4 is 0 Å². The van der Waals surface area contributed by atoms with Gasteiger partial charge in [-0.05, 0) is 24.1 Å². The number of Topliss-reactive ketones (excluding diaryl/α,β-unsaturated/α-hetero) is 1. The molecule has 0 saturated carbocycles. The van der Waals surface area contributed by atoms with Crippen molar-refractivity contribution in [3.05, 3.63) is 35.4 Å². The first-order valence-corrected chi connectivity index (χ1v) is 6.16. The maximum Gasteiger partial charge on any atom is 0.416 e. The van der Waals surface area contributed by atoms with Crippen molar-refractivity contribution in [3.8, 4) is 6.07 Å². The number of hydrogen-bond donors (Lipinski definition) is 0. The van der Waals surface area contributed by atoms with E-state index < -0.39 is 23.1 Å². The number of ketones is 1. The molecule has 2 nitrogen and oxygen atoms in total. The lowest BCUT2D eigenvalue weighted by atomic mass is 9.81. The Morgan fingerprint density at radius 2 is 1.70 bits per heavy atom. The minimum absolute atomic E-state index is 0.130. The molecule has 0 aliphatic carbocycles. The zero-order valence-electron chi connectivity index (χ0n) is 11.6. The van der Waals surface area contributed by atoms with Crippen LogP contribution in [0.15, 0.2) is 24.3 Å². The highest BCUT2D eigenvalue weighted by molar-refractivity contribution is 5.88. The molecule has 1 unspecified atom stereocenters. The Hall–Kier alpha value is -1.83. The van der Waals surface area contributed by atoms with Crippen LogP contribution in [0, 0.1) is 22.7 Å². The van der Waals surface area contributed by atoms with E-state index in [1.807, 2.05) is 6.07 Å². The molecule has 0 aromatic heterocycles. The van der Waals surface area contributed by atoms with Crippen molar-refractivity contribution in [1.29, 1.82) is 5.26 Å². The van der Waals surface area contributed by atoms with E-state index in [1.165, 1.54) is 12.1 Å². The second-order valence-electron chi connectivity index (χ2n) is 5.69. The lowest BCUT2D eigenvalue weighted by Gasteiger charge is -2.20. The fourth-order valence-electron chi connectivity index (χ4n) is 1.79. The smallest absolute Gasteiger partial charge is 0.298 e. The Kier molecular flexibility index (Phi) is 4.59. The van der Waals surface area contributed by atoms with Crippen molar-refractivity contribution in [3.63, 3.8) is 0 Å². The molecule has 0 amide bonds. The molecule has 0 heterocycles. The molecule has 1 atom stereocenters. The minimum atomic E-state index is -4.38. The molecule has 0 aliphatic rings. The first kappa shape index (κ1) is 16.2. The molecule has 0 radical (unpaired) electrons. The van der Waals surface area contributed by atoms with Crippen LogP contribution in [0.4, 0.5) is 13.2 Å². The Labute approximate surface area is 116 Å². The van der Waals surface area contributed by atoms with Gasteiger partial charge in [-0.1, -0.05) is 32.9 Å². The molecule has 1 aromatic rings. The van der Waals surface area contributed by atoms with Gasteiger partial charge in [0.1, 0.15) is 5.92 Å². The van der Waals surface area contributed by atoms with Gasteiger partial charge >= 0.3 is 6.18 Å². The lowest BCUT2D eigenvalue weighted by molar-refractivity contribution is -0.137. The lowest BCUT2D eigenvalue weighted by Crippen LogP contribution is -2.28. The van der Waals surface area contributed by atoms with Gasteiger partial charge in [-0.2, -0.15) is 18.4 Å². The summed E-state index contributed by atoms with van der Waals surface area (Å²) in [7, 11) is 0. The van der Waals surface area contributed by atoms with Gasteiger partial charge in [-0.3, -0.25) is 4.79 Å². The van der Waals surface area contributed by atoms with Gasteiger partial charge in [-0.25, -0.2) is 0 Å². The second-order valence-corrected chi connectivity index (χ2v) is 5.69. The van der Waals surface area contributed by atoms with Crippen LogP contribution in [0.3, 0.4) is 0 Å². The predicted molar refractivity (Wildman–Crippen MR) is 68.7 cm³/mol. The third kappa shape index (κ3) is 4.09. The summed E-state index contributed by atoms with van der Waals surface area (Å²) in [6, 6.07) is 6.47. The van der Waals surface area contributed by atoms with E-state index in [0.29, 0.717) is 5.56 Å². The van der Waals surface area contributed by atoms with Crippen molar-refractivity contribution >= 4 is 5.78 Å². The van der Waals surface area contributed by atoms with Gasteiger partial charge < -0.3 is 0 Å². The summed E-state index contributed by atoms with van der Waals surface area (Å²) in [4.78, 5) is 12.0. The molecule has 0 spiro atoms. The number of carbonyl (C=O) groups excluding carboxylic acids is 1. The molecule has 0 bridgehead atoms. The predicted octanol–water partition coefficient (Wildman–Crippen LogP) is 4.00. The number of alkyl halides is 3. The van der Waals surface area contributed by atoms with E-state index in [0.717, 1.165) is 12.1 Å². The zero-order valence-corrected chi connectivity index (χ0v) is 11.6. The number of nitriles is 1. The molecular formula is C15H16F3NO. The molecule has 1 rings (SSSR count). The van der Waals surface area contributed by atoms with Gasteiger partial charge in [-0.15, -0.1) is 0 Å². The average molecular weight is 283 g/mol. The molecule has 0 aliphatic heterocycles. The highest BCUT2D eigenvalue weighted by atomic mass is 19.4. The fourth-order valence-corrected chi connectivity index (χ4v) is 1.79. The molecule has 20 heavy (non-hydrogen) atoms. The molecule has 0 fully saturated rings. The van der Waals surface area contributed by atoms with Crippen molar-refractivity contribution in [1.82, 2.24) is 0 Å². The summed E-state index contributed by atoms with van der Waals surface area (Å²) >= 11 is 0. The summed E-state index contributed by atoms with van der Waals surface area (Å²) in [5.74, 6) is -1.05. The standard InChI is InChI=1S/C15H16F3NO/c1-14(2,3)13(20)11(9-19)8-10-4-6-12(7-5-10)15(16,17)18/h4-7,11H,8H2,1-3H3. The highest BCUT2D eigenvalue weighted by Gasteiger charge is 2.31. The summed E-state index contributed by atoms with van der Waals surface area (Å²) in [6.45, 7) is 5.14. The number of halogens is 3. The number of benzene rings is 1. The third-order valence-corrected chi connectivity index (χ3v) is 2.93. The number of rotatable bonds is 3. The zero-order chi connectivity index (χ0) is 15.6. The van der Waals surface area contributed by atoms with Crippen LogP contribution in [0.5, 0.6) is 0 Å². The largest absolute Gasteiger partial charge is 0.416 e. The van der Waals surface area contributed by atoms with Crippen molar-refractivity contribution in [2.24, 2.45) is 11.3 Å². The van der Waals surface area contributed by atoms with Gasteiger partial charge in [0.2, 0.25) is 0 Å². The average Bonchev–Trinajstić information content (AvgIpc) is 2.33. The van der Waals surface area contributed by atoms with E-state index in [2.05, 4.69) is 0 Å². The molecule has 5 heteroatoms. The normalized spacial score (nSPS) is 13.7. The van der Waals surface area contributed by atoms with Crippen molar-refractivity contribution < 1.29 is 18.0 Å². The van der Waals surface area contributed by atoms with Crippen LogP contribution >= 0.6 is 0 Å². The molecular weight excluding hydrogens is 267 g/mol. The number of hydrogen-bond acceptors (Lipinski definition) is 2. The maximum atomic E-state index is 12.4. The summed E-state index contributed by atoms with van der Waals surface area (Å²) in [5, 5.41) is 9.05. The van der Waals surface area contributed by atoms with E-state index in [9.17, 15) is 18.0 Å². The maximum absolute atomic E-state index is 12.4. The van der Waals surface area contributed by atoms with Crippen LogP contribution in [-0.2, 0) is 17.4 Å². The highest BCUT2D eigenvalue weighted by Crippen LogP contribution is 2.30. The number of nitrogens with zero attached hydrogens (tertiary/aromatic N) is 1. The van der Waals surface area contributed by atoms with Gasteiger partial charge in [0.05, 0.1) is 11.6 Å². The van der Waals surface area contributed by atoms with E-state index in [1.54, 1.807) is 20.8 Å². The Morgan fingerprint density at radius 1 is 1.20 bits per heavy atom. The number of carbonyl (C=O) groups is 1. The van der Waals surface area contributed by atoms with Crippen molar-refractivity contribution in [2.75, 3.05) is 0 Å². The Balaban J connectivity index is 2.88. The first-order chi connectivity index (χ1) is 9.05. The van der Waals surface area contributed by atoms with Gasteiger partial charge in [0, 0.05) is 5.41 Å². The first-order valence-electron chi connectivity index (χ1n) is 6.16. The van der Waals surface area contributed by atoms with E-state index in [-0.39, 0.29) is 12.2 Å². The molecule has 0 saturated heterocycles. The van der Waals surface area contributed by atoms with Gasteiger partial charge in [0.15, 0.2) is 5.78 Å². The summed E-state index contributed by atoms with van der Waals surface area (Å²) in [5.41, 5.74) is -0.842. The third-order valence-electron chi connectivity index (χ3n) is 2.93. The molecule has 108 valence electrons. The SMILES string of the molecule is CC(C)(C)C(=O)C(C#N)Cc1ccc(C(F)(F)F)cc1. The molecule has 0 N–H and O–H groups in total. The van der Waals surface area contributed by atoms with Crippen LogP contribution in [0.1, 0.15) is 31.9 Å². The Morgan fingerprint density at radius 3 is 2.05 bits per heavy atom. The van der Waals surface area contributed by atoms with Crippen LogP contribution in [-0.4, -0.2) is 5.78 Å². The summed E-state index contributed by atoms with van der Waals surface area (Å²) in [6.07, 6.45) is -4.25. The second kappa shape index (κ2) is 5.66. The quantitative estimate of drug-likeness (QED) is 0.841. The van der Waals surface area contributed by atoms with Crippen LogP contribution in [0.2, 0.25) is 0 Å². The molecule has 1 aromatic carbocycles. The Bertz CT molecular complexity index is 518. The van der Waals surface area contributed by atoms with Gasteiger partial charge in [0.25, 0.3) is 0 Å². The fraction of sp³-hybridized carbons (Fsp3) is 0.467. The van der Waals surface area contributed by atoms with Crippen LogP contribution in [0.25, 0.3) is 0 Å². The monoisotopic (exact) mass is 283 g/mol. The van der Waals surface area contributed by atoms with E-state index >= 15 is 0 Å². The minimum Gasteiger partial charge on any atom is -0.298 e. The van der Waals surface area contributed by atoms with E-state index in [4.69, 9.17) is 5.26 Å². The van der Waals surface area contributed by atoms with Crippen molar-refractivity contribution in [2.45, 2.75) is 33.4 Å².